The molecule has 0 saturated carbocycles. The number of ketones is 1. The quantitative estimate of drug-likeness (QED) is 0.692. The predicted molar refractivity (Wildman–Crippen MR) is 55.1 cm³/mol. The highest BCUT2D eigenvalue weighted by Crippen LogP contribution is 2.23. The van der Waals surface area contributed by atoms with Gasteiger partial charge in [0.1, 0.15) is 6.61 Å². The molecule has 4 nitrogen and oxygen atoms in total. The number of nitrogens with zero attached hydrogens (tertiary/aromatic N) is 1. The SMILES string of the molecule is CC(=O)c1ccccc1N1CCOC1=O. The predicted octanol–water partition coefficient (Wildman–Crippen LogP) is 1.85. The number of anilines is 1. The fraction of sp³-hybridized carbons (Fsp3) is 0.273. The van der Waals surface area contributed by atoms with Crippen molar-refractivity contribution in [1.29, 1.82) is 0 Å². The third-order valence-corrected chi connectivity index (χ3v) is 2.33. The van der Waals surface area contributed by atoms with Crippen LogP contribution in [-0.2, 0) is 4.74 Å². The van der Waals surface area contributed by atoms with Crippen LogP contribution in [0.5, 0.6) is 0 Å². The molecule has 1 aliphatic heterocycles. The van der Waals surface area contributed by atoms with Gasteiger partial charge in [0.05, 0.1) is 12.2 Å². The van der Waals surface area contributed by atoms with E-state index >= 15 is 0 Å². The molecule has 1 aromatic rings. The van der Waals surface area contributed by atoms with Gasteiger partial charge in [0.2, 0.25) is 0 Å². The minimum Gasteiger partial charge on any atom is -0.447 e. The Balaban J connectivity index is 2.42. The van der Waals surface area contributed by atoms with Gasteiger partial charge < -0.3 is 4.74 Å². The largest absolute Gasteiger partial charge is 0.447 e. The maximum atomic E-state index is 11.4. The second-order valence-electron chi connectivity index (χ2n) is 3.34. The molecule has 0 aliphatic carbocycles. The molecule has 1 amide bonds. The van der Waals surface area contributed by atoms with Crippen LogP contribution in [0.4, 0.5) is 10.5 Å². The van der Waals surface area contributed by atoms with Gasteiger partial charge in [-0.3, -0.25) is 9.69 Å². The topological polar surface area (TPSA) is 46.6 Å². The van der Waals surface area contributed by atoms with E-state index in [-0.39, 0.29) is 11.9 Å². The zero-order valence-corrected chi connectivity index (χ0v) is 8.40. The highest BCUT2D eigenvalue weighted by atomic mass is 16.6. The molecule has 1 aliphatic rings. The molecule has 78 valence electrons. The third-order valence-electron chi connectivity index (χ3n) is 2.33. The molecule has 2 rings (SSSR count). The maximum Gasteiger partial charge on any atom is 0.414 e. The number of Topliss-reactive ketones (excluding diaryl/α,β-unsaturated/α-hetero) is 1. The van der Waals surface area contributed by atoms with Crippen molar-refractivity contribution in [2.45, 2.75) is 6.92 Å². The van der Waals surface area contributed by atoms with Gasteiger partial charge in [0.15, 0.2) is 5.78 Å². The van der Waals surface area contributed by atoms with E-state index in [1.54, 1.807) is 24.3 Å². The van der Waals surface area contributed by atoms with Crippen molar-refractivity contribution in [1.82, 2.24) is 0 Å². The van der Waals surface area contributed by atoms with Crippen LogP contribution < -0.4 is 4.90 Å². The first kappa shape index (κ1) is 9.71. The Kier molecular flexibility index (Phi) is 2.41. The molecule has 0 N–H and O–H groups in total. The minimum absolute atomic E-state index is 0.0506. The molecule has 1 fully saturated rings. The molecule has 0 spiro atoms. The van der Waals surface area contributed by atoms with E-state index in [0.29, 0.717) is 24.4 Å². The van der Waals surface area contributed by atoms with E-state index in [9.17, 15) is 9.59 Å². The highest BCUT2D eigenvalue weighted by Gasteiger charge is 2.26. The first-order valence-electron chi connectivity index (χ1n) is 4.74. The number of para-hydroxylation sites is 1. The average molecular weight is 205 g/mol. The van der Waals surface area contributed by atoms with E-state index in [1.165, 1.54) is 11.8 Å². The lowest BCUT2D eigenvalue weighted by molar-refractivity contribution is 0.101. The number of cyclic esters (lactones) is 1. The van der Waals surface area contributed by atoms with Crippen molar-refractivity contribution in [3.8, 4) is 0 Å². The van der Waals surface area contributed by atoms with E-state index in [0.717, 1.165) is 0 Å². The van der Waals surface area contributed by atoms with Crippen molar-refractivity contribution >= 4 is 17.6 Å². The Morgan fingerprint density at radius 1 is 1.40 bits per heavy atom. The van der Waals surface area contributed by atoms with E-state index < -0.39 is 0 Å². The van der Waals surface area contributed by atoms with Gasteiger partial charge in [-0.15, -0.1) is 0 Å². The lowest BCUT2D eigenvalue weighted by Gasteiger charge is -2.15. The summed E-state index contributed by atoms with van der Waals surface area (Å²) in [5.74, 6) is -0.0506. The summed E-state index contributed by atoms with van der Waals surface area (Å²) >= 11 is 0. The molecule has 0 aromatic heterocycles. The zero-order chi connectivity index (χ0) is 10.8. The Bertz CT molecular complexity index is 414. The van der Waals surface area contributed by atoms with Crippen molar-refractivity contribution < 1.29 is 14.3 Å². The monoisotopic (exact) mass is 205 g/mol. The normalized spacial score (nSPS) is 15.3. The van der Waals surface area contributed by atoms with Crippen LogP contribution in [0, 0.1) is 0 Å². The average Bonchev–Trinajstić information content (AvgIpc) is 2.64. The molecule has 1 heterocycles. The summed E-state index contributed by atoms with van der Waals surface area (Å²) < 4.78 is 4.83. The van der Waals surface area contributed by atoms with Crippen molar-refractivity contribution in [2.24, 2.45) is 0 Å². The van der Waals surface area contributed by atoms with Gasteiger partial charge in [-0.05, 0) is 19.1 Å². The molecular formula is C11H11NO3. The summed E-state index contributed by atoms with van der Waals surface area (Å²) in [6.45, 7) is 2.37. The standard InChI is InChI=1S/C11H11NO3/c1-8(13)9-4-2-3-5-10(9)12-6-7-15-11(12)14/h2-5H,6-7H2,1H3. The summed E-state index contributed by atoms with van der Waals surface area (Å²) in [5.41, 5.74) is 1.18. The molecule has 0 bridgehead atoms. The molecule has 0 radical (unpaired) electrons. The van der Waals surface area contributed by atoms with Crippen LogP contribution in [0.25, 0.3) is 0 Å². The molecule has 0 atom stereocenters. The summed E-state index contributed by atoms with van der Waals surface area (Å²) in [6.07, 6.45) is -0.385. The van der Waals surface area contributed by atoms with Crippen LogP contribution in [-0.4, -0.2) is 25.0 Å². The van der Waals surface area contributed by atoms with Crippen molar-refractivity contribution in [2.75, 3.05) is 18.1 Å². The lowest BCUT2D eigenvalue weighted by Crippen LogP contribution is -2.25. The first-order valence-corrected chi connectivity index (χ1v) is 4.74. The third kappa shape index (κ3) is 1.70. The Morgan fingerprint density at radius 2 is 2.13 bits per heavy atom. The highest BCUT2D eigenvalue weighted by molar-refractivity contribution is 6.03. The van der Waals surface area contributed by atoms with Gasteiger partial charge in [0.25, 0.3) is 0 Å². The van der Waals surface area contributed by atoms with Gasteiger partial charge in [-0.2, -0.15) is 0 Å². The summed E-state index contributed by atoms with van der Waals surface area (Å²) in [4.78, 5) is 24.2. The Morgan fingerprint density at radius 3 is 2.73 bits per heavy atom. The van der Waals surface area contributed by atoms with Gasteiger partial charge >= 0.3 is 6.09 Å². The fourth-order valence-corrected chi connectivity index (χ4v) is 1.62. The second kappa shape index (κ2) is 3.73. The van der Waals surface area contributed by atoms with Crippen molar-refractivity contribution in [3.05, 3.63) is 29.8 Å². The number of amides is 1. The number of hydrogen-bond acceptors (Lipinski definition) is 3. The number of ether oxygens (including phenoxy) is 1. The molecule has 15 heavy (non-hydrogen) atoms. The Labute approximate surface area is 87.4 Å². The number of carbonyl (C=O) groups is 2. The number of benzene rings is 1. The molecule has 1 aromatic carbocycles. The lowest BCUT2D eigenvalue weighted by atomic mass is 10.1. The van der Waals surface area contributed by atoms with E-state index in [1.807, 2.05) is 0 Å². The number of carbonyl (C=O) groups excluding carboxylic acids is 2. The first-order chi connectivity index (χ1) is 7.20. The molecule has 4 heteroatoms. The van der Waals surface area contributed by atoms with Gasteiger partial charge in [-0.25, -0.2) is 4.79 Å². The van der Waals surface area contributed by atoms with E-state index in [4.69, 9.17) is 4.74 Å². The minimum atomic E-state index is -0.385. The van der Waals surface area contributed by atoms with Crippen LogP contribution in [0.3, 0.4) is 0 Å². The zero-order valence-electron chi connectivity index (χ0n) is 8.40. The van der Waals surface area contributed by atoms with Crippen LogP contribution >= 0.6 is 0 Å². The maximum absolute atomic E-state index is 11.4. The number of rotatable bonds is 2. The van der Waals surface area contributed by atoms with Gasteiger partial charge in [-0.1, -0.05) is 12.1 Å². The molecular weight excluding hydrogens is 194 g/mol. The smallest absolute Gasteiger partial charge is 0.414 e. The van der Waals surface area contributed by atoms with Crippen LogP contribution in [0.1, 0.15) is 17.3 Å². The number of hydrogen-bond donors (Lipinski definition) is 0. The van der Waals surface area contributed by atoms with Crippen molar-refractivity contribution in [3.63, 3.8) is 0 Å². The van der Waals surface area contributed by atoms with Gasteiger partial charge in [0, 0.05) is 5.56 Å². The van der Waals surface area contributed by atoms with Crippen LogP contribution in [0.2, 0.25) is 0 Å². The molecule has 0 unspecified atom stereocenters. The van der Waals surface area contributed by atoms with Crippen LogP contribution in [0.15, 0.2) is 24.3 Å². The summed E-state index contributed by atoms with van der Waals surface area (Å²) in [6, 6.07) is 7.04. The molecule has 1 saturated heterocycles. The summed E-state index contributed by atoms with van der Waals surface area (Å²) in [7, 11) is 0. The van der Waals surface area contributed by atoms with E-state index in [2.05, 4.69) is 0 Å². The summed E-state index contributed by atoms with van der Waals surface area (Å²) in [5, 5.41) is 0. The fourth-order valence-electron chi connectivity index (χ4n) is 1.62. The Hall–Kier alpha value is -1.84. The second-order valence-corrected chi connectivity index (χ2v) is 3.34.